The largest absolute Gasteiger partial charge is 0.468 e. The molecule has 0 fully saturated rings. The molecule has 0 saturated carbocycles. The molecule has 0 atom stereocenters. The Morgan fingerprint density at radius 3 is 2.56 bits per heavy atom. The van der Waals surface area contributed by atoms with Gasteiger partial charge in [-0.25, -0.2) is 24.8 Å². The zero-order chi connectivity index (χ0) is 24.8. The summed E-state index contributed by atoms with van der Waals surface area (Å²) in [6.45, 7) is 7.95. The van der Waals surface area contributed by atoms with E-state index in [1.807, 2.05) is 53.1 Å². The summed E-state index contributed by atoms with van der Waals surface area (Å²) in [7, 11) is 4.03. The van der Waals surface area contributed by atoms with E-state index in [1.165, 1.54) is 12.1 Å². The van der Waals surface area contributed by atoms with Crippen LogP contribution in [0.1, 0.15) is 37.9 Å². The first-order valence-corrected chi connectivity index (χ1v) is 11.3. The molecule has 0 amide bonds. The van der Waals surface area contributed by atoms with E-state index in [0.717, 1.165) is 24.4 Å². The number of nitrogens with zero attached hydrogens (tertiary/aromatic N) is 4. The number of anilines is 1. The molecular formula is C25H34FN7O. The van der Waals surface area contributed by atoms with Gasteiger partial charge < -0.3 is 20.1 Å². The van der Waals surface area contributed by atoms with Crippen LogP contribution in [-0.2, 0) is 6.54 Å². The highest BCUT2D eigenvalue weighted by atomic mass is 19.1. The summed E-state index contributed by atoms with van der Waals surface area (Å²) in [4.78, 5) is 15.7. The summed E-state index contributed by atoms with van der Waals surface area (Å²) in [6, 6.07) is 11.7. The minimum Gasteiger partial charge on any atom is -0.468 e. The minimum atomic E-state index is -0.272. The average Bonchev–Trinajstić information content (AvgIpc) is 3.33. The van der Waals surface area contributed by atoms with Crippen LogP contribution in [0.15, 0.2) is 58.1 Å². The first kappa shape index (κ1) is 26.7. The molecule has 0 aliphatic rings. The second-order valence-electron chi connectivity index (χ2n) is 7.34. The number of aromatic nitrogens is 2. The molecule has 0 aliphatic carbocycles. The molecule has 182 valence electrons. The van der Waals surface area contributed by atoms with Gasteiger partial charge in [0.2, 0.25) is 0 Å². The fourth-order valence-corrected chi connectivity index (χ4v) is 2.70. The quantitative estimate of drug-likeness (QED) is 0.226. The number of hydrogen-bond donors (Lipinski definition) is 3. The molecule has 0 aliphatic heterocycles. The lowest BCUT2D eigenvalue weighted by atomic mass is 10.2. The smallest absolute Gasteiger partial charge is 0.160 e. The normalized spacial score (nSPS) is 11.4. The maximum Gasteiger partial charge on any atom is 0.160 e. The van der Waals surface area contributed by atoms with Crippen LogP contribution in [0.25, 0.3) is 12.2 Å². The third-order valence-electron chi connectivity index (χ3n) is 4.28. The Balaban J connectivity index is 0.00000199. The Morgan fingerprint density at radius 2 is 1.88 bits per heavy atom. The zero-order valence-corrected chi connectivity index (χ0v) is 20.5. The molecule has 0 radical (unpaired) electrons. The van der Waals surface area contributed by atoms with Crippen molar-refractivity contribution in [1.29, 1.82) is 0 Å². The van der Waals surface area contributed by atoms with Crippen molar-refractivity contribution in [3.05, 3.63) is 71.7 Å². The van der Waals surface area contributed by atoms with Crippen molar-refractivity contribution in [1.82, 2.24) is 25.7 Å². The third-order valence-corrected chi connectivity index (χ3v) is 4.28. The summed E-state index contributed by atoms with van der Waals surface area (Å²) in [5.41, 5.74) is 6.93. The molecule has 0 unspecified atom stereocenters. The van der Waals surface area contributed by atoms with Crippen LogP contribution in [0.3, 0.4) is 0 Å². The predicted molar refractivity (Wildman–Crippen MR) is 137 cm³/mol. The van der Waals surface area contributed by atoms with Gasteiger partial charge in [0.25, 0.3) is 0 Å². The number of hydrogen-bond acceptors (Lipinski definition) is 7. The van der Waals surface area contributed by atoms with Gasteiger partial charge in [0.05, 0.1) is 12.8 Å². The maximum atomic E-state index is 13.1. The lowest BCUT2D eigenvalue weighted by molar-refractivity contribution is 0.425. The maximum absolute atomic E-state index is 13.1. The Hall–Kier alpha value is -3.56. The third kappa shape index (κ3) is 9.93. The molecule has 8 nitrogen and oxygen atoms in total. The van der Waals surface area contributed by atoms with Crippen LogP contribution >= 0.6 is 0 Å². The summed E-state index contributed by atoms with van der Waals surface area (Å²) in [5.74, 6) is 2.87. The summed E-state index contributed by atoms with van der Waals surface area (Å²) in [6.07, 6.45) is 5.24. The number of rotatable bonds is 10. The molecular weight excluding hydrogens is 433 g/mol. The van der Waals surface area contributed by atoms with Crippen LogP contribution in [0, 0.1) is 5.82 Å². The fourth-order valence-electron chi connectivity index (χ4n) is 2.70. The topological polar surface area (TPSA) is 90.6 Å². The SMILES string of the molecule is CC.CC(=Nc1cc(NCCN(C)C)nc(/C=C/c2ccc(F)cc2)n1)NNCc1ccco1. The van der Waals surface area contributed by atoms with E-state index in [2.05, 4.69) is 36.0 Å². The van der Waals surface area contributed by atoms with Gasteiger partial charge in [0.1, 0.15) is 23.2 Å². The summed E-state index contributed by atoms with van der Waals surface area (Å²) in [5, 5.41) is 3.30. The number of amidine groups is 1. The molecule has 3 aromatic rings. The van der Waals surface area contributed by atoms with E-state index in [1.54, 1.807) is 30.5 Å². The highest BCUT2D eigenvalue weighted by molar-refractivity contribution is 5.81. The number of benzene rings is 1. The Morgan fingerprint density at radius 1 is 1.12 bits per heavy atom. The van der Waals surface area contributed by atoms with Gasteiger partial charge in [0, 0.05) is 19.2 Å². The van der Waals surface area contributed by atoms with Gasteiger partial charge in [-0.15, -0.1) is 0 Å². The number of hydrazine groups is 1. The van der Waals surface area contributed by atoms with E-state index in [-0.39, 0.29) is 5.82 Å². The van der Waals surface area contributed by atoms with Crippen LogP contribution in [0.2, 0.25) is 0 Å². The predicted octanol–water partition coefficient (Wildman–Crippen LogP) is 4.72. The Kier molecular flexibility index (Phi) is 11.4. The van der Waals surface area contributed by atoms with Crippen molar-refractivity contribution in [2.75, 3.05) is 32.5 Å². The lowest BCUT2D eigenvalue weighted by Gasteiger charge is -2.12. The van der Waals surface area contributed by atoms with E-state index in [9.17, 15) is 4.39 Å². The molecule has 0 spiro atoms. The fraction of sp³-hybridized carbons (Fsp3) is 0.320. The molecule has 3 rings (SSSR count). The first-order valence-electron chi connectivity index (χ1n) is 11.3. The number of likely N-dealkylation sites (N-methyl/N-ethyl adjacent to an activating group) is 1. The molecule has 3 N–H and O–H groups in total. The highest BCUT2D eigenvalue weighted by Gasteiger charge is 2.04. The number of furan rings is 1. The summed E-state index contributed by atoms with van der Waals surface area (Å²) >= 11 is 0. The monoisotopic (exact) mass is 467 g/mol. The van der Waals surface area contributed by atoms with Crippen LogP contribution in [-0.4, -0.2) is 47.9 Å². The first-order chi connectivity index (χ1) is 16.5. The van der Waals surface area contributed by atoms with Crippen LogP contribution < -0.4 is 16.2 Å². The number of aliphatic imine (C=N–C) groups is 1. The minimum absolute atomic E-state index is 0.272. The Labute approximate surface area is 201 Å². The second kappa shape index (κ2) is 14.6. The van der Waals surface area contributed by atoms with Crippen molar-refractivity contribution in [2.45, 2.75) is 27.3 Å². The van der Waals surface area contributed by atoms with Crippen molar-refractivity contribution < 1.29 is 8.81 Å². The van der Waals surface area contributed by atoms with Gasteiger partial charge in [0.15, 0.2) is 11.6 Å². The van der Waals surface area contributed by atoms with Gasteiger partial charge in [-0.1, -0.05) is 32.1 Å². The standard InChI is InChI=1S/C23H28FN7O.C2H6/c1-17(30-26-16-20-5-4-14-32-20)27-23-15-22(25-12-13-31(2)3)28-21(29-23)11-8-18-6-9-19(24)10-7-18;1-2/h4-11,14-15,26H,12-13,16H2,1-3H3,(H2,25,27,28,29,30);1-2H3/b11-8+;. The van der Waals surface area contributed by atoms with Crippen molar-refractivity contribution in [3.63, 3.8) is 0 Å². The van der Waals surface area contributed by atoms with E-state index < -0.39 is 0 Å². The molecule has 9 heteroatoms. The molecule has 2 aromatic heterocycles. The highest BCUT2D eigenvalue weighted by Crippen LogP contribution is 2.16. The molecule has 34 heavy (non-hydrogen) atoms. The molecule has 2 heterocycles. The molecule has 0 bridgehead atoms. The number of nitrogens with one attached hydrogen (secondary N) is 3. The second-order valence-corrected chi connectivity index (χ2v) is 7.34. The van der Waals surface area contributed by atoms with Gasteiger partial charge >= 0.3 is 0 Å². The van der Waals surface area contributed by atoms with E-state index in [0.29, 0.717) is 29.8 Å². The molecule has 0 saturated heterocycles. The van der Waals surface area contributed by atoms with Gasteiger partial charge in [-0.3, -0.25) is 0 Å². The van der Waals surface area contributed by atoms with Crippen LogP contribution in [0.5, 0.6) is 0 Å². The van der Waals surface area contributed by atoms with E-state index >= 15 is 0 Å². The van der Waals surface area contributed by atoms with Gasteiger partial charge in [-0.2, -0.15) is 0 Å². The van der Waals surface area contributed by atoms with Crippen LogP contribution in [0.4, 0.5) is 16.0 Å². The number of halogens is 1. The Bertz CT molecular complexity index is 1030. The van der Waals surface area contributed by atoms with E-state index in [4.69, 9.17) is 4.42 Å². The lowest BCUT2D eigenvalue weighted by Crippen LogP contribution is -2.35. The van der Waals surface area contributed by atoms with Crippen molar-refractivity contribution >= 4 is 29.6 Å². The van der Waals surface area contributed by atoms with Gasteiger partial charge in [-0.05, 0) is 56.9 Å². The zero-order valence-electron chi connectivity index (χ0n) is 20.5. The summed E-state index contributed by atoms with van der Waals surface area (Å²) < 4.78 is 18.4. The van der Waals surface area contributed by atoms with Crippen molar-refractivity contribution in [2.24, 2.45) is 4.99 Å². The molecule has 1 aromatic carbocycles. The van der Waals surface area contributed by atoms with Crippen molar-refractivity contribution in [3.8, 4) is 0 Å². The average molecular weight is 468 g/mol.